The molecule has 0 aliphatic carbocycles. The number of nitrogens with zero attached hydrogens (tertiary/aromatic N) is 2. The Labute approximate surface area is 218 Å². The minimum absolute atomic E-state index is 0.107. The highest BCUT2D eigenvalue weighted by molar-refractivity contribution is 6.02. The zero-order chi connectivity index (χ0) is 25.5. The molecule has 5 rings (SSSR count). The molecular weight excluding hydrogens is 464 g/mol. The summed E-state index contributed by atoms with van der Waals surface area (Å²) >= 11 is 0. The summed E-state index contributed by atoms with van der Waals surface area (Å²) in [7, 11) is 0. The van der Waals surface area contributed by atoms with Crippen LogP contribution in [0, 0.1) is 0 Å². The maximum absolute atomic E-state index is 13.4. The molecule has 2 heterocycles. The van der Waals surface area contributed by atoms with E-state index in [1.54, 1.807) is 0 Å². The van der Waals surface area contributed by atoms with Crippen LogP contribution in [0.15, 0.2) is 72.8 Å². The summed E-state index contributed by atoms with van der Waals surface area (Å²) in [4.78, 5) is 30.7. The molecule has 2 aliphatic rings. The number of nitrogens with one attached hydrogen (secondary N) is 2. The molecule has 192 valence electrons. The number of hydrogen-bond acceptors (Lipinski definition) is 5. The Hall–Kier alpha value is -3.68. The number of rotatable bonds is 8. The molecule has 7 heteroatoms. The maximum atomic E-state index is 13.4. The van der Waals surface area contributed by atoms with Crippen molar-refractivity contribution in [3.8, 4) is 0 Å². The van der Waals surface area contributed by atoms with Gasteiger partial charge in [-0.25, -0.2) is 0 Å². The van der Waals surface area contributed by atoms with Gasteiger partial charge in [0.15, 0.2) is 0 Å². The first kappa shape index (κ1) is 25.0. The first-order valence-corrected chi connectivity index (χ1v) is 13.0. The van der Waals surface area contributed by atoms with Crippen molar-refractivity contribution in [3.05, 3.63) is 95.1 Å². The lowest BCUT2D eigenvalue weighted by Crippen LogP contribution is -2.41. The van der Waals surface area contributed by atoms with Gasteiger partial charge in [0.05, 0.1) is 25.2 Å². The first-order valence-electron chi connectivity index (χ1n) is 13.0. The molecule has 0 unspecified atom stereocenters. The van der Waals surface area contributed by atoms with Gasteiger partial charge in [0.25, 0.3) is 5.91 Å². The van der Waals surface area contributed by atoms with Gasteiger partial charge in [0.2, 0.25) is 5.91 Å². The van der Waals surface area contributed by atoms with E-state index in [1.165, 1.54) is 11.1 Å². The average Bonchev–Trinajstić information content (AvgIpc) is 2.94. The van der Waals surface area contributed by atoms with Crippen molar-refractivity contribution in [1.29, 1.82) is 0 Å². The zero-order valence-electron chi connectivity index (χ0n) is 21.1. The molecule has 2 N–H and O–H groups in total. The summed E-state index contributed by atoms with van der Waals surface area (Å²) in [6.07, 6.45) is 1.22. The molecule has 0 saturated carbocycles. The smallest absolute Gasteiger partial charge is 0.253 e. The molecule has 0 radical (unpaired) electrons. The summed E-state index contributed by atoms with van der Waals surface area (Å²) in [5.74, 6) is -0.231. The predicted octanol–water partition coefficient (Wildman–Crippen LogP) is 3.49. The summed E-state index contributed by atoms with van der Waals surface area (Å²) in [5.41, 5.74) is 5.69. The first-order chi connectivity index (χ1) is 18.2. The fraction of sp³-hybridized carbons (Fsp3) is 0.333. The second-order valence-corrected chi connectivity index (χ2v) is 9.59. The van der Waals surface area contributed by atoms with Crippen molar-refractivity contribution in [3.63, 3.8) is 0 Å². The Kier molecular flexibility index (Phi) is 8.13. The summed E-state index contributed by atoms with van der Waals surface area (Å²) in [5, 5.41) is 6.08. The Morgan fingerprint density at radius 1 is 0.865 bits per heavy atom. The van der Waals surface area contributed by atoms with E-state index in [0.717, 1.165) is 63.6 Å². The standard InChI is InChI=1S/C30H34N4O3/c35-29(20-23-6-2-1-3-7-23)32-26-10-11-28(34-14-12-24-8-4-5-9-25(24)22-34)27(21-26)30(36)31-13-15-33-16-18-37-19-17-33/h1-11,21H,12-20,22H2,(H,31,36)(H,32,35). The normalized spacial score (nSPS) is 15.6. The number of hydrogen-bond donors (Lipinski definition) is 2. The van der Waals surface area contributed by atoms with Crippen LogP contribution in [0.25, 0.3) is 0 Å². The second kappa shape index (κ2) is 12.0. The van der Waals surface area contributed by atoms with Crippen molar-refractivity contribution in [2.24, 2.45) is 0 Å². The van der Waals surface area contributed by atoms with E-state index in [-0.39, 0.29) is 18.2 Å². The average molecular weight is 499 g/mol. The zero-order valence-corrected chi connectivity index (χ0v) is 21.1. The van der Waals surface area contributed by atoms with Gasteiger partial charge in [0, 0.05) is 50.6 Å². The summed E-state index contributed by atoms with van der Waals surface area (Å²) in [6, 6.07) is 23.8. The van der Waals surface area contributed by atoms with E-state index in [4.69, 9.17) is 4.74 Å². The van der Waals surface area contributed by atoms with E-state index < -0.39 is 0 Å². The van der Waals surface area contributed by atoms with Crippen molar-refractivity contribution in [2.45, 2.75) is 19.4 Å². The highest BCUT2D eigenvalue weighted by Gasteiger charge is 2.22. The SMILES string of the molecule is O=C(Cc1ccccc1)Nc1ccc(N2CCc3ccccc3C2)c(C(=O)NCCN2CCOCC2)c1. The number of carbonyl (C=O) groups is 2. The number of amides is 2. The topological polar surface area (TPSA) is 73.9 Å². The molecule has 0 spiro atoms. The van der Waals surface area contributed by atoms with E-state index in [0.29, 0.717) is 17.8 Å². The highest BCUT2D eigenvalue weighted by Crippen LogP contribution is 2.29. The Balaban J connectivity index is 1.32. The van der Waals surface area contributed by atoms with Crippen LogP contribution in [0.3, 0.4) is 0 Å². The van der Waals surface area contributed by atoms with Crippen molar-refractivity contribution in [2.75, 3.05) is 56.2 Å². The summed E-state index contributed by atoms with van der Waals surface area (Å²) in [6.45, 7) is 6.18. The number of morpholine rings is 1. The van der Waals surface area contributed by atoms with Crippen LogP contribution < -0.4 is 15.5 Å². The molecule has 2 amide bonds. The van der Waals surface area contributed by atoms with E-state index in [2.05, 4.69) is 44.7 Å². The number of ether oxygens (including phenoxy) is 1. The largest absolute Gasteiger partial charge is 0.379 e. The molecule has 3 aromatic rings. The summed E-state index contributed by atoms with van der Waals surface area (Å²) < 4.78 is 5.42. The van der Waals surface area contributed by atoms with Gasteiger partial charge < -0.3 is 20.3 Å². The molecule has 0 aromatic heterocycles. The van der Waals surface area contributed by atoms with E-state index in [9.17, 15) is 9.59 Å². The molecular formula is C30H34N4O3. The molecule has 2 aliphatic heterocycles. The molecule has 1 fully saturated rings. The van der Waals surface area contributed by atoms with Crippen LogP contribution in [0.2, 0.25) is 0 Å². The third kappa shape index (κ3) is 6.56. The molecule has 1 saturated heterocycles. The quantitative estimate of drug-likeness (QED) is 0.498. The van der Waals surface area contributed by atoms with Crippen LogP contribution in [-0.4, -0.2) is 62.7 Å². The van der Waals surface area contributed by atoms with Gasteiger partial charge in [-0.1, -0.05) is 54.6 Å². The van der Waals surface area contributed by atoms with Crippen LogP contribution in [0.4, 0.5) is 11.4 Å². The van der Waals surface area contributed by atoms with Crippen LogP contribution in [0.1, 0.15) is 27.0 Å². The highest BCUT2D eigenvalue weighted by atomic mass is 16.5. The van der Waals surface area contributed by atoms with Gasteiger partial charge in [-0.2, -0.15) is 0 Å². The second-order valence-electron chi connectivity index (χ2n) is 9.59. The third-order valence-corrected chi connectivity index (χ3v) is 7.02. The Bertz CT molecular complexity index is 1220. The van der Waals surface area contributed by atoms with Gasteiger partial charge in [0.1, 0.15) is 0 Å². The Morgan fingerprint density at radius 2 is 1.62 bits per heavy atom. The van der Waals surface area contributed by atoms with E-state index in [1.807, 2.05) is 48.5 Å². The number of anilines is 2. The van der Waals surface area contributed by atoms with Gasteiger partial charge >= 0.3 is 0 Å². The fourth-order valence-corrected chi connectivity index (χ4v) is 5.01. The molecule has 0 atom stereocenters. The number of carbonyl (C=O) groups excluding carboxylic acids is 2. The van der Waals surface area contributed by atoms with Crippen LogP contribution in [0.5, 0.6) is 0 Å². The van der Waals surface area contributed by atoms with E-state index >= 15 is 0 Å². The molecule has 7 nitrogen and oxygen atoms in total. The van der Waals surface area contributed by atoms with Gasteiger partial charge in [-0.3, -0.25) is 14.5 Å². The lowest BCUT2D eigenvalue weighted by molar-refractivity contribution is -0.115. The van der Waals surface area contributed by atoms with Crippen molar-refractivity contribution >= 4 is 23.2 Å². The molecule has 3 aromatic carbocycles. The molecule has 0 bridgehead atoms. The van der Waals surface area contributed by atoms with Crippen LogP contribution in [-0.2, 0) is 28.9 Å². The van der Waals surface area contributed by atoms with Crippen molar-refractivity contribution < 1.29 is 14.3 Å². The lowest BCUT2D eigenvalue weighted by Gasteiger charge is -2.32. The van der Waals surface area contributed by atoms with Gasteiger partial charge in [-0.05, 0) is 41.3 Å². The fourth-order valence-electron chi connectivity index (χ4n) is 5.01. The minimum Gasteiger partial charge on any atom is -0.379 e. The maximum Gasteiger partial charge on any atom is 0.253 e. The Morgan fingerprint density at radius 3 is 2.43 bits per heavy atom. The van der Waals surface area contributed by atoms with Gasteiger partial charge in [-0.15, -0.1) is 0 Å². The molecule has 37 heavy (non-hydrogen) atoms. The van der Waals surface area contributed by atoms with Crippen molar-refractivity contribution in [1.82, 2.24) is 10.2 Å². The third-order valence-electron chi connectivity index (χ3n) is 7.02. The number of benzene rings is 3. The number of fused-ring (bicyclic) bond motifs is 1. The monoisotopic (exact) mass is 498 g/mol. The minimum atomic E-state index is -0.124. The predicted molar refractivity (Wildman–Crippen MR) is 146 cm³/mol. The lowest BCUT2D eigenvalue weighted by atomic mass is 9.98. The van der Waals surface area contributed by atoms with Crippen LogP contribution >= 0.6 is 0 Å².